The van der Waals surface area contributed by atoms with Crippen LogP contribution in [0.25, 0.3) is 39.6 Å². The van der Waals surface area contributed by atoms with E-state index >= 15 is 0 Å². The summed E-state index contributed by atoms with van der Waals surface area (Å²) in [6, 6.07) is 25.2. The molecule has 0 spiro atoms. The topological polar surface area (TPSA) is 204 Å². The van der Waals surface area contributed by atoms with Gasteiger partial charge in [0.2, 0.25) is 0 Å². The molecule has 0 atom stereocenters. The number of hydrogen-bond donors (Lipinski definition) is 1. The Kier molecular flexibility index (Phi) is 18.3. The van der Waals surface area contributed by atoms with Crippen LogP contribution in [0.3, 0.4) is 0 Å². The summed E-state index contributed by atoms with van der Waals surface area (Å²) in [4.78, 5) is 53.2. The number of nitrogens with one attached hydrogen (secondary N) is 2. The zero-order valence-electron chi connectivity index (χ0n) is 37.1. The molecule has 6 aromatic rings. The number of hydrogen-bond acceptors (Lipinski definition) is 14. The smallest absolute Gasteiger partial charge is 0.753 e. The van der Waals surface area contributed by atoms with Crippen LogP contribution in [0.4, 0.5) is 30.2 Å². The molecule has 7 rings (SSSR count). The third kappa shape index (κ3) is 13.8. The number of halogens is 3. The standard InChI is InChI=1S/C29H30F3N4S.C18H11N3O6.CNS.Ru/c1-27(2,3)17-7-11-22-24(13-17)37-25-14-18(28(4,5)6)8-12-23(25)36(22)19-9-10-21(35-16-19)20(33)15-26(34)29(30,31)32;22-9-25-12-1-3-19-15(5-12)17-7-14(27-11-24)8-18(21-17)16-6-13(26-10-23)2-4-20-16;2-1-3;/h7-16,33-34H,1-6H3;1-11H;;/q-1;;-1;+2/b20-15-,34-26?;;;. The van der Waals surface area contributed by atoms with Gasteiger partial charge in [0.15, 0.2) is 0 Å². The van der Waals surface area contributed by atoms with Gasteiger partial charge in [-0.1, -0.05) is 77.7 Å². The fraction of sp³-hybridized carbons (Fsp3) is 0.188. The van der Waals surface area contributed by atoms with E-state index in [1.165, 1.54) is 71.1 Å². The van der Waals surface area contributed by atoms with Crippen molar-refractivity contribution in [2.45, 2.75) is 68.3 Å². The van der Waals surface area contributed by atoms with E-state index in [2.05, 4.69) is 115 Å². The summed E-state index contributed by atoms with van der Waals surface area (Å²) in [5.74, 6) is 0.760. The fourth-order valence-corrected chi connectivity index (χ4v) is 7.39. The molecule has 2 aromatic carbocycles. The molecule has 0 saturated heterocycles. The second kappa shape index (κ2) is 23.2. The van der Waals surface area contributed by atoms with Gasteiger partial charge in [-0.15, -0.1) is 5.70 Å². The zero-order chi connectivity index (χ0) is 49.1. The summed E-state index contributed by atoms with van der Waals surface area (Å²) < 4.78 is 52.8. The Balaban J connectivity index is 0.000000288. The molecular weight excluding hydrogens is 1010 g/mol. The molecule has 0 saturated carbocycles. The average Bonchev–Trinajstić information content (AvgIpc) is 3.28. The van der Waals surface area contributed by atoms with Gasteiger partial charge in [-0.3, -0.25) is 34.7 Å². The molecule has 0 fully saturated rings. The van der Waals surface area contributed by atoms with Gasteiger partial charge >= 0.3 is 25.7 Å². The molecule has 0 amide bonds. The molecule has 0 radical (unpaired) electrons. The van der Waals surface area contributed by atoms with E-state index in [0.717, 1.165) is 26.9 Å². The Morgan fingerprint density at radius 3 is 1.54 bits per heavy atom. The molecule has 1 aliphatic rings. The minimum Gasteiger partial charge on any atom is -0.753 e. The van der Waals surface area contributed by atoms with E-state index in [4.69, 9.17) is 30.8 Å². The van der Waals surface area contributed by atoms with Gasteiger partial charge in [-0.05, 0) is 76.6 Å². The van der Waals surface area contributed by atoms with Crippen LogP contribution in [-0.4, -0.2) is 56.4 Å². The molecule has 20 heteroatoms. The van der Waals surface area contributed by atoms with Crippen LogP contribution >= 0.6 is 24.0 Å². The van der Waals surface area contributed by atoms with Gasteiger partial charge < -0.3 is 30.3 Å². The molecule has 14 nitrogen and oxygen atoms in total. The van der Waals surface area contributed by atoms with Crippen molar-refractivity contribution in [1.29, 1.82) is 5.41 Å². The third-order valence-electron chi connectivity index (χ3n) is 9.57. The Bertz CT molecular complexity index is 2730. The number of aromatic nitrogens is 4. The molecule has 5 heterocycles. The first-order chi connectivity index (χ1) is 31.7. The van der Waals surface area contributed by atoms with Gasteiger partial charge in [-0.2, -0.15) is 18.3 Å². The van der Waals surface area contributed by atoms with Gasteiger partial charge in [0.25, 0.3) is 19.4 Å². The number of ether oxygens (including phenoxy) is 3. The van der Waals surface area contributed by atoms with E-state index in [1.807, 2.05) is 0 Å². The summed E-state index contributed by atoms with van der Waals surface area (Å²) in [7, 11) is 0. The van der Waals surface area contributed by atoms with E-state index in [9.17, 15) is 27.6 Å². The van der Waals surface area contributed by atoms with Crippen molar-refractivity contribution < 1.29 is 61.2 Å². The minimum absolute atomic E-state index is 0. The van der Waals surface area contributed by atoms with Gasteiger partial charge in [0.05, 0.1) is 46.0 Å². The van der Waals surface area contributed by atoms with Crippen LogP contribution in [0, 0.1) is 5.41 Å². The first-order valence-electron chi connectivity index (χ1n) is 19.8. The number of allylic oxidation sites excluding steroid dienone is 1. The van der Waals surface area contributed by atoms with Gasteiger partial charge in [-0.25, -0.2) is 4.98 Å². The van der Waals surface area contributed by atoms with E-state index in [1.54, 1.807) is 24.0 Å². The van der Waals surface area contributed by atoms with Crippen LogP contribution in [0.2, 0.25) is 0 Å². The summed E-state index contributed by atoms with van der Waals surface area (Å²) in [5.41, 5.74) is 12.6. The number of thiocarbonyl (C=S) groups is 1. The van der Waals surface area contributed by atoms with E-state index < -0.39 is 17.6 Å². The van der Waals surface area contributed by atoms with Crippen LogP contribution in [-0.2, 0) is 44.7 Å². The molecule has 0 bridgehead atoms. The molecule has 1 aliphatic heterocycles. The predicted molar refractivity (Wildman–Crippen MR) is 253 cm³/mol. The number of carbonyl (C=O) groups excluding carboxylic acids is 3. The number of benzene rings is 2. The fourth-order valence-electron chi connectivity index (χ4n) is 6.25. The number of nitrogens with zero attached hydrogens (tertiary/aromatic N) is 6. The van der Waals surface area contributed by atoms with E-state index in [-0.39, 0.29) is 59.7 Å². The normalized spacial score (nSPS) is 11.8. The number of carbonyl (C=O) groups is 3. The Morgan fingerprint density at radius 1 is 0.706 bits per heavy atom. The van der Waals surface area contributed by atoms with Crippen molar-refractivity contribution in [2.75, 3.05) is 4.90 Å². The number of fused-ring (bicyclic) bond motifs is 2. The summed E-state index contributed by atoms with van der Waals surface area (Å²) in [5, 5.41) is 15.6. The molecule has 350 valence electrons. The zero-order valence-corrected chi connectivity index (χ0v) is 40.4. The maximum atomic E-state index is 12.7. The number of alkyl halides is 3. The van der Waals surface area contributed by atoms with Crippen LogP contribution < -0.4 is 19.1 Å². The molecule has 68 heavy (non-hydrogen) atoms. The Hall–Kier alpha value is -6.98. The number of pyridine rings is 4. The quantitative estimate of drug-likeness (QED) is 0.0555. The van der Waals surface area contributed by atoms with Crippen LogP contribution in [0.5, 0.6) is 17.2 Å². The molecule has 4 aromatic heterocycles. The van der Waals surface area contributed by atoms with Crippen LogP contribution in [0.1, 0.15) is 58.4 Å². The monoisotopic (exact) mass is 1050 g/mol. The predicted octanol–water partition coefficient (Wildman–Crippen LogP) is 12.1. The average molecular weight is 1050 g/mol. The van der Waals surface area contributed by atoms with Crippen molar-refractivity contribution in [3.63, 3.8) is 0 Å². The van der Waals surface area contributed by atoms with Gasteiger partial charge in [0.1, 0.15) is 23.0 Å². The van der Waals surface area contributed by atoms with Crippen molar-refractivity contribution in [1.82, 2.24) is 19.9 Å². The second-order valence-corrected chi connectivity index (χ2v) is 17.5. The van der Waals surface area contributed by atoms with Crippen molar-refractivity contribution in [2.24, 2.45) is 0 Å². The minimum atomic E-state index is -4.80. The number of rotatable bonds is 11. The van der Waals surface area contributed by atoms with Gasteiger partial charge in [0, 0.05) is 52.1 Å². The Morgan fingerprint density at radius 2 is 1.15 bits per heavy atom. The molecule has 0 unspecified atom stereocenters. The number of isothiocyanates is 1. The Labute approximate surface area is 412 Å². The molecule has 2 N–H and O–H groups in total. The van der Waals surface area contributed by atoms with Crippen molar-refractivity contribution >= 4 is 77.0 Å². The van der Waals surface area contributed by atoms with E-state index in [0.29, 0.717) is 41.8 Å². The molecule has 0 aliphatic carbocycles. The van der Waals surface area contributed by atoms with Crippen molar-refractivity contribution in [3.05, 3.63) is 138 Å². The van der Waals surface area contributed by atoms with Crippen LogP contribution in [0.15, 0.2) is 119 Å². The first kappa shape index (κ1) is 53.6. The largest absolute Gasteiger partial charge is 2.00 e. The molecular formula is C48H41F3N8O6RuS2. The second-order valence-electron chi connectivity index (χ2n) is 16.2. The first-order valence-corrected chi connectivity index (χ1v) is 21.0. The SMILES string of the molecule is CC(C)(C)c1ccc2c(c1)Sc1cc(C(C)(C)C)ccc1N2c1ccc(/C([NH-])=C/C(=N)C(F)(F)F)nc1.O=COc1ccnc(-c2cc(OC=O)cc(-c3cc(OC=O)ccn3)n2)c1.[N-]=C=S.[Ru+2]. The summed E-state index contributed by atoms with van der Waals surface area (Å²) in [6.07, 6.45) is 0.127. The van der Waals surface area contributed by atoms with Crippen molar-refractivity contribution in [3.8, 4) is 40.0 Å². The summed E-state index contributed by atoms with van der Waals surface area (Å²) >= 11 is 5.43. The maximum absolute atomic E-state index is 12.7. The maximum Gasteiger partial charge on any atom is 2.00 e. The third-order valence-corrected chi connectivity index (χ3v) is 10.7. The number of anilines is 3. The summed E-state index contributed by atoms with van der Waals surface area (Å²) in [6.45, 7) is 14.0.